The molecule has 0 aromatic heterocycles. The van der Waals surface area contributed by atoms with Crippen molar-refractivity contribution in [2.24, 2.45) is 11.3 Å². The number of aryl methyl sites for hydroxylation is 1. The molecule has 6 rings (SSSR count). The first kappa shape index (κ1) is 33.6. The first-order valence-electron chi connectivity index (χ1n) is 17.5. The lowest BCUT2D eigenvalue weighted by molar-refractivity contribution is 0.193. The van der Waals surface area contributed by atoms with E-state index in [1.54, 1.807) is 0 Å². The van der Waals surface area contributed by atoms with E-state index >= 15 is 0 Å². The van der Waals surface area contributed by atoms with Crippen LogP contribution in [0, 0.1) is 11.3 Å². The highest BCUT2D eigenvalue weighted by Gasteiger charge is 2.48. The number of hydrogen-bond acceptors (Lipinski definition) is 0. The fourth-order valence-corrected chi connectivity index (χ4v) is 14.5. The molecule has 0 nitrogen and oxygen atoms in total. The fourth-order valence-electron chi connectivity index (χ4n) is 7.72. The van der Waals surface area contributed by atoms with Gasteiger partial charge in [-0.1, -0.05) is 185 Å². The van der Waals surface area contributed by atoms with Crippen molar-refractivity contribution in [3.05, 3.63) is 163 Å². The molecule has 240 valence electrons. The summed E-state index contributed by atoms with van der Waals surface area (Å²) in [5, 5.41) is 6.11. The lowest BCUT2D eigenvalue weighted by Crippen LogP contribution is -2.31. The molecule has 0 heterocycles. The minimum atomic E-state index is -0.516. The number of unbranched alkanes of at least 4 members (excludes halogenated alkanes) is 2. The van der Waals surface area contributed by atoms with Gasteiger partial charge in [0.15, 0.2) is 0 Å². The molecular formula is C45H50P2. The molecule has 0 bridgehead atoms. The summed E-state index contributed by atoms with van der Waals surface area (Å²) >= 11 is 0. The van der Waals surface area contributed by atoms with Crippen molar-refractivity contribution in [2.45, 2.75) is 70.1 Å². The van der Waals surface area contributed by atoms with E-state index < -0.39 is 15.8 Å². The van der Waals surface area contributed by atoms with Crippen molar-refractivity contribution in [3.63, 3.8) is 0 Å². The van der Waals surface area contributed by atoms with Crippen LogP contribution in [0.15, 0.2) is 152 Å². The van der Waals surface area contributed by atoms with Crippen LogP contribution in [-0.2, 0) is 6.42 Å². The summed E-state index contributed by atoms with van der Waals surface area (Å²) in [7, 11) is -1.03. The third-order valence-corrected chi connectivity index (χ3v) is 16.5. The summed E-state index contributed by atoms with van der Waals surface area (Å²) < 4.78 is 0. The van der Waals surface area contributed by atoms with E-state index in [9.17, 15) is 0 Å². The van der Waals surface area contributed by atoms with Crippen LogP contribution in [0.5, 0.6) is 0 Å². The fraction of sp³-hybridized carbons (Fsp3) is 0.289. The maximum Gasteiger partial charge on any atom is -0.00522 e. The second-order valence-corrected chi connectivity index (χ2v) is 18.8. The zero-order valence-corrected chi connectivity index (χ0v) is 30.0. The smallest absolute Gasteiger partial charge is 0.00522 e. The van der Waals surface area contributed by atoms with Crippen LogP contribution >= 0.6 is 15.8 Å². The van der Waals surface area contributed by atoms with E-state index in [0.29, 0.717) is 22.7 Å². The van der Waals surface area contributed by atoms with Crippen LogP contribution in [0.1, 0.15) is 63.5 Å². The van der Waals surface area contributed by atoms with Crippen molar-refractivity contribution in [1.29, 1.82) is 0 Å². The van der Waals surface area contributed by atoms with Crippen molar-refractivity contribution < 1.29 is 0 Å². The normalized spacial score (nSPS) is 18.1. The Morgan fingerprint density at radius 1 is 0.553 bits per heavy atom. The summed E-state index contributed by atoms with van der Waals surface area (Å²) in [6.07, 6.45) is 10.9. The molecule has 2 unspecified atom stereocenters. The first-order chi connectivity index (χ1) is 23.0. The van der Waals surface area contributed by atoms with Crippen LogP contribution in [-0.4, -0.2) is 11.3 Å². The van der Waals surface area contributed by atoms with Gasteiger partial charge in [-0.15, -0.1) is 0 Å². The summed E-state index contributed by atoms with van der Waals surface area (Å²) in [4.78, 5) is 0. The molecule has 5 aromatic rings. The molecule has 1 aliphatic carbocycles. The average molecular weight is 653 g/mol. The highest BCUT2D eigenvalue weighted by Crippen LogP contribution is 2.62. The predicted octanol–water partition coefficient (Wildman–Crippen LogP) is 10.9. The van der Waals surface area contributed by atoms with Crippen LogP contribution in [0.3, 0.4) is 0 Å². The zero-order valence-electron chi connectivity index (χ0n) is 28.2. The van der Waals surface area contributed by atoms with Gasteiger partial charge in [0, 0.05) is 0 Å². The van der Waals surface area contributed by atoms with Gasteiger partial charge >= 0.3 is 0 Å². The molecule has 2 heteroatoms. The molecule has 47 heavy (non-hydrogen) atoms. The predicted molar refractivity (Wildman–Crippen MR) is 211 cm³/mol. The monoisotopic (exact) mass is 652 g/mol. The van der Waals surface area contributed by atoms with E-state index in [0.717, 1.165) is 0 Å². The molecule has 0 N–H and O–H groups in total. The quantitative estimate of drug-likeness (QED) is 0.0827. The summed E-state index contributed by atoms with van der Waals surface area (Å²) in [6, 6.07) is 54.9. The van der Waals surface area contributed by atoms with Crippen LogP contribution in [0.25, 0.3) is 6.08 Å². The molecular weight excluding hydrogens is 602 g/mol. The molecule has 0 radical (unpaired) electrons. The maximum atomic E-state index is 3.89. The molecule has 2 atom stereocenters. The second-order valence-electron chi connectivity index (χ2n) is 13.9. The van der Waals surface area contributed by atoms with Gasteiger partial charge in [0.2, 0.25) is 0 Å². The Labute approximate surface area is 286 Å². The highest BCUT2D eigenvalue weighted by atomic mass is 31.1. The minimum Gasteiger partial charge on any atom is -0.0985 e. The summed E-state index contributed by atoms with van der Waals surface area (Å²) in [5.41, 5.74) is 4.21. The van der Waals surface area contributed by atoms with Crippen LogP contribution in [0.4, 0.5) is 0 Å². The molecule has 0 saturated heterocycles. The molecule has 5 aromatic carbocycles. The third kappa shape index (κ3) is 8.41. The Balaban J connectivity index is 1.28. The van der Waals surface area contributed by atoms with Gasteiger partial charge in [-0.3, -0.25) is 0 Å². The van der Waals surface area contributed by atoms with E-state index in [1.165, 1.54) is 77.3 Å². The van der Waals surface area contributed by atoms with Gasteiger partial charge in [-0.25, -0.2) is 0 Å². The standard InChI is InChI=1S/C45H50P2/c1-4-36-29-31-37(32-30-36)20-10-9-19-33-45(2,3)38-34-43(46(39-21-11-5-12-22-39)40-23-13-6-14-24-40)44(35-38)47(41-25-15-7-16-26-41)42-27-17-8-18-28-42/h4-8,11-18,21-32,38,43-44H,1,9-10,19-20,33-35H2,2-3H3. The average Bonchev–Trinajstić information content (AvgIpc) is 3.55. The minimum absolute atomic E-state index is 0.307. The summed E-state index contributed by atoms with van der Waals surface area (Å²) in [5.74, 6) is 0.707. The van der Waals surface area contributed by atoms with Crippen molar-refractivity contribution >= 4 is 43.1 Å². The van der Waals surface area contributed by atoms with E-state index in [-0.39, 0.29) is 0 Å². The Bertz CT molecular complexity index is 1480. The molecule has 1 fully saturated rings. The van der Waals surface area contributed by atoms with Gasteiger partial charge in [0.1, 0.15) is 0 Å². The summed E-state index contributed by atoms with van der Waals surface area (Å²) in [6.45, 7) is 9.07. The maximum absolute atomic E-state index is 3.89. The van der Waals surface area contributed by atoms with Crippen molar-refractivity contribution in [2.75, 3.05) is 0 Å². The first-order valence-corrected chi connectivity index (χ1v) is 20.4. The molecule has 0 spiro atoms. The molecule has 1 saturated carbocycles. The molecule has 1 aliphatic rings. The Morgan fingerprint density at radius 2 is 0.957 bits per heavy atom. The van der Waals surface area contributed by atoms with Gasteiger partial charge < -0.3 is 0 Å². The number of benzene rings is 5. The highest BCUT2D eigenvalue weighted by molar-refractivity contribution is 7.77. The van der Waals surface area contributed by atoms with E-state index in [1.807, 2.05) is 6.08 Å². The zero-order chi connectivity index (χ0) is 32.5. The van der Waals surface area contributed by atoms with Gasteiger partial charge in [-0.05, 0) is 103 Å². The van der Waals surface area contributed by atoms with Crippen LogP contribution in [0.2, 0.25) is 0 Å². The largest absolute Gasteiger partial charge is 0.0985 e. The lowest BCUT2D eigenvalue weighted by atomic mass is 9.74. The third-order valence-electron chi connectivity index (χ3n) is 10.4. The number of rotatable bonds is 14. The van der Waals surface area contributed by atoms with Crippen molar-refractivity contribution in [1.82, 2.24) is 0 Å². The Morgan fingerprint density at radius 3 is 1.34 bits per heavy atom. The topological polar surface area (TPSA) is 0 Å². The number of hydrogen-bond donors (Lipinski definition) is 0. The Kier molecular flexibility index (Phi) is 11.6. The Hall–Kier alpha value is -3.30. The van der Waals surface area contributed by atoms with Gasteiger partial charge in [0.05, 0.1) is 0 Å². The van der Waals surface area contributed by atoms with E-state index in [4.69, 9.17) is 0 Å². The second kappa shape index (κ2) is 16.2. The molecule has 0 amide bonds. The van der Waals surface area contributed by atoms with Gasteiger partial charge in [-0.2, -0.15) is 0 Å². The van der Waals surface area contributed by atoms with Crippen molar-refractivity contribution in [3.8, 4) is 0 Å². The SMILES string of the molecule is C=Cc1ccc(CCCCCC(C)(C)C2CC(P(c3ccccc3)c3ccccc3)C(P(c3ccccc3)c3ccccc3)C2)cc1. The van der Waals surface area contributed by atoms with Gasteiger partial charge in [0.25, 0.3) is 0 Å². The van der Waals surface area contributed by atoms with E-state index in [2.05, 4.69) is 166 Å². The van der Waals surface area contributed by atoms with Crippen LogP contribution < -0.4 is 21.2 Å². The molecule has 0 aliphatic heterocycles. The lowest BCUT2D eigenvalue weighted by Gasteiger charge is -2.35.